The lowest BCUT2D eigenvalue weighted by Gasteiger charge is -2.14. The van der Waals surface area contributed by atoms with Gasteiger partial charge in [0.1, 0.15) is 12.1 Å². The molecule has 1 N–H and O–H groups in total. The number of benzene rings is 3. The van der Waals surface area contributed by atoms with E-state index in [4.69, 9.17) is 0 Å². The second-order valence-corrected chi connectivity index (χ2v) is 8.68. The normalized spacial score (nSPS) is 11.3. The van der Waals surface area contributed by atoms with Gasteiger partial charge >= 0.3 is 5.69 Å². The number of carbonyl (C=O) groups is 1. The van der Waals surface area contributed by atoms with Crippen molar-refractivity contribution in [1.29, 1.82) is 0 Å². The average molecular weight is 467 g/mol. The third-order valence-electron chi connectivity index (χ3n) is 6.41. The number of hydrogen-bond acceptors (Lipinski definition) is 3. The highest BCUT2D eigenvalue weighted by atomic mass is 16.2. The first-order valence-electron chi connectivity index (χ1n) is 11.6. The van der Waals surface area contributed by atoms with Crippen molar-refractivity contribution in [2.24, 2.45) is 7.05 Å². The van der Waals surface area contributed by atoms with Crippen LogP contribution in [0.4, 0.5) is 5.69 Å². The molecule has 1 amide bonds. The quantitative estimate of drug-likeness (QED) is 0.423. The third-order valence-corrected chi connectivity index (χ3v) is 6.41. The van der Waals surface area contributed by atoms with Gasteiger partial charge in [0, 0.05) is 18.1 Å². The van der Waals surface area contributed by atoms with Gasteiger partial charge in [-0.2, -0.15) is 0 Å². The minimum atomic E-state index is -0.554. The number of aryl methyl sites for hydroxylation is 3. The maximum atomic E-state index is 13.8. The van der Waals surface area contributed by atoms with Crippen molar-refractivity contribution in [1.82, 2.24) is 13.7 Å². The van der Waals surface area contributed by atoms with E-state index in [0.717, 1.165) is 38.7 Å². The highest BCUT2D eigenvalue weighted by Gasteiger charge is 2.22. The predicted molar refractivity (Wildman–Crippen MR) is 139 cm³/mol. The van der Waals surface area contributed by atoms with Crippen LogP contribution in [0.2, 0.25) is 0 Å². The van der Waals surface area contributed by atoms with E-state index >= 15 is 0 Å². The number of fused-ring (bicyclic) bond motifs is 3. The van der Waals surface area contributed by atoms with Crippen molar-refractivity contribution in [3.05, 3.63) is 105 Å². The Labute approximate surface area is 201 Å². The van der Waals surface area contributed by atoms with Crippen LogP contribution in [-0.2, 0) is 24.8 Å². The number of para-hydroxylation sites is 2. The van der Waals surface area contributed by atoms with Gasteiger partial charge in [-0.05, 0) is 49.2 Å². The van der Waals surface area contributed by atoms with Crippen molar-refractivity contribution >= 4 is 33.5 Å². The van der Waals surface area contributed by atoms with Crippen LogP contribution < -0.4 is 16.6 Å². The monoisotopic (exact) mass is 466 g/mol. The Morgan fingerprint density at radius 2 is 1.63 bits per heavy atom. The molecule has 0 aliphatic carbocycles. The molecule has 0 radical (unpaired) electrons. The minimum Gasteiger partial charge on any atom is -0.338 e. The number of nitrogens with one attached hydrogen (secondary N) is 1. The summed E-state index contributed by atoms with van der Waals surface area (Å²) in [6, 6.07) is 22.2. The lowest BCUT2D eigenvalue weighted by Crippen LogP contribution is -2.41. The zero-order chi connectivity index (χ0) is 24.7. The van der Waals surface area contributed by atoms with Crippen LogP contribution in [-0.4, -0.2) is 19.6 Å². The first kappa shape index (κ1) is 22.4. The Hall–Kier alpha value is -4.39. The summed E-state index contributed by atoms with van der Waals surface area (Å²) in [5, 5.41) is 3.71. The molecule has 5 rings (SSSR count). The molecular weight excluding hydrogens is 440 g/mol. The summed E-state index contributed by atoms with van der Waals surface area (Å²) in [5.74, 6) is -0.336. The number of aromatic nitrogens is 3. The number of hydrogen-bond donors (Lipinski definition) is 1. The van der Waals surface area contributed by atoms with Crippen LogP contribution in [0.1, 0.15) is 18.1 Å². The van der Waals surface area contributed by atoms with Gasteiger partial charge in [0.05, 0.1) is 16.7 Å². The molecule has 0 aliphatic rings. The molecule has 0 aliphatic heterocycles. The molecule has 0 saturated carbocycles. The van der Waals surface area contributed by atoms with Gasteiger partial charge in [0.2, 0.25) is 5.91 Å². The molecule has 7 nitrogen and oxygen atoms in total. The van der Waals surface area contributed by atoms with E-state index in [0.29, 0.717) is 16.7 Å². The SMILES string of the molecule is CCc1ccccc1NC(=O)Cn1c(=O)n(-c2ccccc2)c(=O)c2c1c1cc(C)ccc1n2C. The molecule has 35 heavy (non-hydrogen) atoms. The minimum absolute atomic E-state index is 0.229. The Kier molecular flexibility index (Phi) is 5.61. The van der Waals surface area contributed by atoms with Crippen molar-refractivity contribution in [3.8, 4) is 5.69 Å². The van der Waals surface area contributed by atoms with Gasteiger partial charge in [-0.1, -0.05) is 55.0 Å². The van der Waals surface area contributed by atoms with E-state index in [2.05, 4.69) is 5.32 Å². The van der Waals surface area contributed by atoms with Crippen LogP contribution in [0, 0.1) is 6.92 Å². The Bertz CT molecular complexity index is 1710. The molecule has 5 aromatic rings. The van der Waals surface area contributed by atoms with Gasteiger partial charge in [0.25, 0.3) is 5.56 Å². The van der Waals surface area contributed by atoms with Crippen molar-refractivity contribution in [2.45, 2.75) is 26.8 Å². The molecule has 0 atom stereocenters. The second-order valence-electron chi connectivity index (χ2n) is 8.68. The van der Waals surface area contributed by atoms with Crippen LogP contribution in [0.15, 0.2) is 82.4 Å². The van der Waals surface area contributed by atoms with E-state index in [1.807, 2.05) is 69.4 Å². The summed E-state index contributed by atoms with van der Waals surface area (Å²) in [6.07, 6.45) is 0.766. The summed E-state index contributed by atoms with van der Waals surface area (Å²) >= 11 is 0. The van der Waals surface area contributed by atoms with Crippen LogP contribution in [0.5, 0.6) is 0 Å². The Morgan fingerprint density at radius 3 is 2.37 bits per heavy atom. The Balaban J connectivity index is 1.77. The molecule has 0 bridgehead atoms. The van der Waals surface area contributed by atoms with Crippen LogP contribution >= 0.6 is 0 Å². The topological polar surface area (TPSA) is 78.0 Å². The number of carbonyl (C=O) groups excluding carboxylic acids is 1. The lowest BCUT2D eigenvalue weighted by atomic mass is 10.1. The fourth-order valence-electron chi connectivity index (χ4n) is 4.70. The van der Waals surface area contributed by atoms with Crippen LogP contribution in [0.25, 0.3) is 27.6 Å². The average Bonchev–Trinajstić information content (AvgIpc) is 3.14. The van der Waals surface area contributed by atoms with Crippen molar-refractivity contribution in [2.75, 3.05) is 5.32 Å². The summed E-state index contributed by atoms with van der Waals surface area (Å²) < 4.78 is 4.35. The molecule has 0 saturated heterocycles. The number of amides is 1. The maximum absolute atomic E-state index is 13.8. The fourth-order valence-corrected chi connectivity index (χ4v) is 4.70. The van der Waals surface area contributed by atoms with Crippen molar-refractivity contribution in [3.63, 3.8) is 0 Å². The van der Waals surface area contributed by atoms with E-state index in [1.165, 1.54) is 4.57 Å². The highest BCUT2D eigenvalue weighted by Crippen LogP contribution is 2.27. The third kappa shape index (κ3) is 3.75. The van der Waals surface area contributed by atoms with Gasteiger partial charge in [0.15, 0.2) is 0 Å². The van der Waals surface area contributed by atoms with Gasteiger partial charge in [-0.15, -0.1) is 0 Å². The molecule has 7 heteroatoms. The summed E-state index contributed by atoms with van der Waals surface area (Å²) in [5.41, 5.74) is 3.86. The number of rotatable bonds is 5. The lowest BCUT2D eigenvalue weighted by molar-refractivity contribution is -0.116. The molecule has 2 heterocycles. The standard InChI is InChI=1S/C28H26N4O3/c1-4-19-10-8-9-13-22(19)29-24(33)17-31-25-21-16-18(2)14-15-23(21)30(3)26(25)27(34)32(28(31)35)20-11-6-5-7-12-20/h5-16H,4,17H2,1-3H3,(H,29,33). The zero-order valence-corrected chi connectivity index (χ0v) is 19.9. The highest BCUT2D eigenvalue weighted by molar-refractivity contribution is 6.06. The molecular formula is C28H26N4O3. The van der Waals surface area contributed by atoms with Gasteiger partial charge in [-0.3, -0.25) is 14.2 Å². The fraction of sp³-hybridized carbons (Fsp3) is 0.179. The summed E-state index contributed by atoms with van der Waals surface area (Å²) in [6.45, 7) is 3.75. The first-order chi connectivity index (χ1) is 16.9. The second kappa shape index (κ2) is 8.76. The largest absolute Gasteiger partial charge is 0.338 e. The van der Waals surface area contributed by atoms with E-state index < -0.39 is 11.2 Å². The number of nitrogens with zero attached hydrogens (tertiary/aromatic N) is 3. The summed E-state index contributed by atoms with van der Waals surface area (Å²) in [4.78, 5) is 40.7. The zero-order valence-electron chi connectivity index (χ0n) is 19.9. The molecule has 176 valence electrons. The van der Waals surface area contributed by atoms with E-state index in [-0.39, 0.29) is 12.5 Å². The summed E-state index contributed by atoms with van der Waals surface area (Å²) in [7, 11) is 1.81. The van der Waals surface area contributed by atoms with Crippen molar-refractivity contribution < 1.29 is 4.79 Å². The van der Waals surface area contributed by atoms with E-state index in [1.54, 1.807) is 28.8 Å². The molecule has 0 spiro atoms. The maximum Gasteiger partial charge on any atom is 0.336 e. The molecule has 0 fully saturated rings. The molecule has 0 unspecified atom stereocenters. The molecule has 2 aromatic heterocycles. The van der Waals surface area contributed by atoms with Crippen LogP contribution in [0.3, 0.4) is 0 Å². The first-order valence-corrected chi connectivity index (χ1v) is 11.6. The molecule has 3 aromatic carbocycles. The van der Waals surface area contributed by atoms with Gasteiger partial charge in [-0.25, -0.2) is 9.36 Å². The van der Waals surface area contributed by atoms with Gasteiger partial charge < -0.3 is 9.88 Å². The van der Waals surface area contributed by atoms with E-state index in [9.17, 15) is 14.4 Å². The number of anilines is 1. The Morgan fingerprint density at radius 1 is 0.914 bits per heavy atom. The predicted octanol–water partition coefficient (Wildman–Crippen LogP) is 4.15. The smallest absolute Gasteiger partial charge is 0.336 e.